The molecule has 0 bridgehead atoms. The monoisotopic (exact) mass is 520 g/mol. The van der Waals surface area contributed by atoms with Crippen LogP contribution in [0.4, 0.5) is 0 Å². The number of nitrogens with zero attached hydrogens (tertiary/aromatic N) is 2. The highest BCUT2D eigenvalue weighted by Crippen LogP contribution is 2.27. The zero-order valence-corrected chi connectivity index (χ0v) is 22.6. The van der Waals surface area contributed by atoms with Gasteiger partial charge in [-0.05, 0) is 43.2 Å². The molecule has 0 saturated carbocycles. The van der Waals surface area contributed by atoms with Gasteiger partial charge in [0.1, 0.15) is 12.6 Å². The molecule has 4 atom stereocenters. The summed E-state index contributed by atoms with van der Waals surface area (Å²) in [4.78, 5) is 43.0. The van der Waals surface area contributed by atoms with Crippen LogP contribution < -0.4 is 0 Å². The third-order valence-electron chi connectivity index (χ3n) is 7.66. The maximum Gasteiger partial charge on any atom is 0.329 e. The predicted molar refractivity (Wildman–Crippen MR) is 145 cm³/mol. The van der Waals surface area contributed by atoms with Gasteiger partial charge in [0.2, 0.25) is 11.8 Å². The van der Waals surface area contributed by atoms with Gasteiger partial charge in [-0.3, -0.25) is 9.59 Å². The average Bonchev–Trinajstić information content (AvgIpc) is 3.62. The molecule has 0 aromatic heterocycles. The molecule has 2 aromatic rings. The van der Waals surface area contributed by atoms with Gasteiger partial charge in [0, 0.05) is 24.9 Å². The minimum atomic E-state index is -0.551. The van der Waals surface area contributed by atoms with Crippen molar-refractivity contribution < 1.29 is 23.9 Å². The summed E-state index contributed by atoms with van der Waals surface area (Å²) in [6.07, 6.45) is 3.73. The molecule has 2 saturated heterocycles. The number of hydrogen-bond acceptors (Lipinski definition) is 5. The number of amides is 2. The van der Waals surface area contributed by atoms with E-state index in [0.29, 0.717) is 32.6 Å². The van der Waals surface area contributed by atoms with E-state index >= 15 is 0 Å². The van der Waals surface area contributed by atoms with E-state index < -0.39 is 6.04 Å². The third kappa shape index (κ3) is 7.22. The molecule has 7 nitrogen and oxygen atoms in total. The standard InChI is InChI=1S/C31H40N2O5/c1-23(29(34)32-17-9-15-27(32)22-37-20-25-11-5-3-6-12-25)19-24(2)30(35)33-18-10-16-28(33)31(36)38-21-26-13-7-4-8-14-26/h3-8,11-14,23-24,27-28H,9-10,15-22H2,1-2H3. The number of rotatable bonds is 11. The lowest BCUT2D eigenvalue weighted by Gasteiger charge is -2.30. The van der Waals surface area contributed by atoms with Crippen molar-refractivity contribution in [3.63, 3.8) is 0 Å². The zero-order chi connectivity index (χ0) is 26.9. The largest absolute Gasteiger partial charge is 0.459 e. The lowest BCUT2D eigenvalue weighted by molar-refractivity contribution is -0.156. The van der Waals surface area contributed by atoms with Crippen LogP contribution in [0.2, 0.25) is 0 Å². The quantitative estimate of drug-likeness (QED) is 0.405. The molecule has 2 amide bonds. The van der Waals surface area contributed by atoms with Crippen molar-refractivity contribution in [2.45, 2.75) is 71.2 Å². The summed E-state index contributed by atoms with van der Waals surface area (Å²) in [6.45, 7) is 6.29. The van der Waals surface area contributed by atoms with Gasteiger partial charge in [-0.1, -0.05) is 74.5 Å². The Balaban J connectivity index is 1.25. The van der Waals surface area contributed by atoms with Crippen LogP contribution in [0.3, 0.4) is 0 Å². The van der Waals surface area contributed by atoms with Crippen LogP contribution in [0.5, 0.6) is 0 Å². The maximum atomic E-state index is 13.3. The Labute approximate surface area is 226 Å². The number of carbonyl (C=O) groups excluding carboxylic acids is 3. The van der Waals surface area contributed by atoms with E-state index in [9.17, 15) is 14.4 Å². The topological polar surface area (TPSA) is 76.2 Å². The predicted octanol–water partition coefficient (Wildman–Crippen LogP) is 4.59. The second kappa shape index (κ2) is 13.6. The molecule has 7 heteroatoms. The first kappa shape index (κ1) is 27.8. The van der Waals surface area contributed by atoms with Gasteiger partial charge >= 0.3 is 5.97 Å². The first-order chi connectivity index (χ1) is 18.4. The summed E-state index contributed by atoms with van der Waals surface area (Å²) >= 11 is 0. The summed E-state index contributed by atoms with van der Waals surface area (Å²) in [5.74, 6) is -0.989. The number of likely N-dealkylation sites (tertiary alicyclic amines) is 2. The van der Waals surface area contributed by atoms with Crippen molar-refractivity contribution in [2.75, 3.05) is 19.7 Å². The molecule has 0 N–H and O–H groups in total. The lowest BCUT2D eigenvalue weighted by atomic mass is 9.94. The Morgan fingerprint density at radius 1 is 0.789 bits per heavy atom. The Hall–Kier alpha value is -3.19. The van der Waals surface area contributed by atoms with E-state index in [4.69, 9.17) is 9.47 Å². The summed E-state index contributed by atoms with van der Waals surface area (Å²) in [7, 11) is 0. The number of carbonyl (C=O) groups is 3. The first-order valence-corrected chi connectivity index (χ1v) is 13.9. The van der Waals surface area contributed by atoms with Gasteiger partial charge in [0.15, 0.2) is 0 Å². The van der Waals surface area contributed by atoms with Crippen molar-refractivity contribution in [3.8, 4) is 0 Å². The molecule has 0 aliphatic carbocycles. The molecule has 4 unspecified atom stereocenters. The smallest absolute Gasteiger partial charge is 0.329 e. The molecular weight excluding hydrogens is 480 g/mol. The van der Waals surface area contributed by atoms with Gasteiger partial charge in [0.05, 0.1) is 19.3 Å². The molecule has 2 heterocycles. The van der Waals surface area contributed by atoms with E-state index in [2.05, 4.69) is 0 Å². The average molecular weight is 521 g/mol. The van der Waals surface area contributed by atoms with Crippen molar-refractivity contribution in [3.05, 3.63) is 71.8 Å². The van der Waals surface area contributed by atoms with Gasteiger partial charge in [-0.25, -0.2) is 4.79 Å². The normalized spacial score (nSPS) is 20.8. The molecule has 204 valence electrons. The van der Waals surface area contributed by atoms with Gasteiger partial charge < -0.3 is 19.3 Å². The minimum absolute atomic E-state index is 0.0713. The highest BCUT2D eigenvalue weighted by Gasteiger charge is 2.38. The fourth-order valence-corrected chi connectivity index (χ4v) is 5.58. The highest BCUT2D eigenvalue weighted by atomic mass is 16.5. The Bertz CT molecular complexity index is 1060. The van der Waals surface area contributed by atoms with E-state index in [-0.39, 0.29) is 42.3 Å². The molecule has 38 heavy (non-hydrogen) atoms. The molecule has 2 aliphatic rings. The van der Waals surface area contributed by atoms with Crippen molar-refractivity contribution in [1.82, 2.24) is 9.80 Å². The first-order valence-electron chi connectivity index (χ1n) is 13.9. The summed E-state index contributed by atoms with van der Waals surface area (Å²) in [5.41, 5.74) is 2.04. The second-order valence-electron chi connectivity index (χ2n) is 10.6. The van der Waals surface area contributed by atoms with Crippen LogP contribution >= 0.6 is 0 Å². The molecule has 2 aliphatic heterocycles. The molecular formula is C31H40N2O5. The lowest BCUT2D eigenvalue weighted by Crippen LogP contribution is -2.45. The maximum absolute atomic E-state index is 13.3. The van der Waals surface area contributed by atoms with Gasteiger partial charge in [-0.15, -0.1) is 0 Å². The fraction of sp³-hybridized carbons (Fsp3) is 0.516. The third-order valence-corrected chi connectivity index (χ3v) is 7.66. The van der Waals surface area contributed by atoms with Crippen molar-refractivity contribution in [1.29, 1.82) is 0 Å². The molecule has 4 rings (SSSR count). The number of hydrogen-bond donors (Lipinski definition) is 0. The van der Waals surface area contributed by atoms with Crippen LogP contribution in [0.1, 0.15) is 57.1 Å². The Morgan fingerprint density at radius 3 is 2.00 bits per heavy atom. The SMILES string of the molecule is CC(CC(C)C(=O)N1CCCC1C(=O)OCc1ccccc1)C(=O)N1CCCC1COCc1ccccc1. The van der Waals surface area contributed by atoms with E-state index in [1.807, 2.05) is 79.4 Å². The fourth-order valence-electron chi connectivity index (χ4n) is 5.58. The summed E-state index contributed by atoms with van der Waals surface area (Å²) in [5, 5.41) is 0. The van der Waals surface area contributed by atoms with E-state index in [0.717, 1.165) is 36.9 Å². The molecule has 0 radical (unpaired) electrons. The zero-order valence-electron chi connectivity index (χ0n) is 22.6. The molecule has 0 spiro atoms. The van der Waals surface area contributed by atoms with Crippen LogP contribution in [-0.2, 0) is 37.1 Å². The van der Waals surface area contributed by atoms with Crippen molar-refractivity contribution in [2.24, 2.45) is 11.8 Å². The summed E-state index contributed by atoms with van der Waals surface area (Å²) in [6, 6.07) is 19.1. The molecule has 2 aromatic carbocycles. The highest BCUT2D eigenvalue weighted by molar-refractivity contribution is 5.87. The van der Waals surface area contributed by atoms with Gasteiger partial charge in [-0.2, -0.15) is 0 Å². The Kier molecular flexibility index (Phi) is 9.93. The van der Waals surface area contributed by atoms with Crippen LogP contribution in [-0.4, -0.2) is 59.4 Å². The number of ether oxygens (including phenoxy) is 2. The van der Waals surface area contributed by atoms with E-state index in [1.54, 1.807) is 4.90 Å². The van der Waals surface area contributed by atoms with Gasteiger partial charge in [0.25, 0.3) is 0 Å². The van der Waals surface area contributed by atoms with Crippen LogP contribution in [0, 0.1) is 11.8 Å². The molecule has 2 fully saturated rings. The van der Waals surface area contributed by atoms with Crippen molar-refractivity contribution >= 4 is 17.8 Å². The van der Waals surface area contributed by atoms with Crippen LogP contribution in [0.15, 0.2) is 60.7 Å². The van der Waals surface area contributed by atoms with E-state index in [1.165, 1.54) is 0 Å². The Morgan fingerprint density at radius 2 is 1.34 bits per heavy atom. The second-order valence-corrected chi connectivity index (χ2v) is 10.6. The summed E-state index contributed by atoms with van der Waals surface area (Å²) < 4.78 is 11.5. The number of benzene rings is 2. The minimum Gasteiger partial charge on any atom is -0.459 e. The van der Waals surface area contributed by atoms with Crippen LogP contribution in [0.25, 0.3) is 0 Å². The number of esters is 1.